The lowest BCUT2D eigenvalue weighted by Crippen LogP contribution is -2.07. The van der Waals surface area contributed by atoms with Gasteiger partial charge in [-0.15, -0.1) is 23.1 Å². The maximum absolute atomic E-state index is 6.02. The van der Waals surface area contributed by atoms with Gasteiger partial charge in [-0.2, -0.15) is 0 Å². The first kappa shape index (κ1) is 16.7. The summed E-state index contributed by atoms with van der Waals surface area (Å²) in [6.45, 7) is 2.92. The van der Waals surface area contributed by atoms with Crippen molar-refractivity contribution in [2.45, 2.75) is 18.7 Å². The molecular formula is C17H15ClN2S3. The molecule has 2 nitrogen and oxygen atoms in total. The lowest BCUT2D eigenvalue weighted by molar-refractivity contribution is 0.685. The van der Waals surface area contributed by atoms with Crippen LogP contribution in [0.15, 0.2) is 54.4 Å². The molecule has 0 N–H and O–H groups in total. The zero-order valence-corrected chi connectivity index (χ0v) is 15.7. The van der Waals surface area contributed by atoms with E-state index in [0.29, 0.717) is 0 Å². The molecule has 0 bridgehead atoms. The van der Waals surface area contributed by atoms with Gasteiger partial charge in [0.15, 0.2) is 0 Å². The van der Waals surface area contributed by atoms with Crippen LogP contribution in [0.4, 0.5) is 0 Å². The topological polar surface area (TPSA) is 17.8 Å². The van der Waals surface area contributed by atoms with E-state index in [1.165, 1.54) is 16.0 Å². The summed E-state index contributed by atoms with van der Waals surface area (Å²) < 4.78 is 3.02. The van der Waals surface area contributed by atoms with Crippen molar-refractivity contribution < 1.29 is 0 Å². The summed E-state index contributed by atoms with van der Waals surface area (Å²) in [6.07, 6.45) is 5.61. The average molecular weight is 379 g/mol. The minimum Gasteiger partial charge on any atom is -0.336 e. The number of halogens is 1. The number of thiocarbonyl (C=S) groups is 1. The highest BCUT2D eigenvalue weighted by Crippen LogP contribution is 2.36. The Morgan fingerprint density at radius 3 is 2.74 bits per heavy atom. The van der Waals surface area contributed by atoms with E-state index in [1.807, 2.05) is 24.7 Å². The van der Waals surface area contributed by atoms with Gasteiger partial charge in [0.2, 0.25) is 0 Å². The van der Waals surface area contributed by atoms with Gasteiger partial charge < -0.3 is 4.57 Å². The van der Waals surface area contributed by atoms with Gasteiger partial charge in [-0.25, -0.2) is 4.98 Å². The van der Waals surface area contributed by atoms with E-state index >= 15 is 0 Å². The Kier molecular flexibility index (Phi) is 5.54. The number of thioether (sulfide) groups is 1. The molecule has 1 atom stereocenters. The van der Waals surface area contributed by atoms with Crippen molar-refractivity contribution in [3.05, 3.63) is 75.5 Å². The van der Waals surface area contributed by atoms with E-state index < -0.39 is 0 Å². The van der Waals surface area contributed by atoms with E-state index in [4.69, 9.17) is 23.8 Å². The van der Waals surface area contributed by atoms with Crippen LogP contribution >= 0.6 is 46.9 Å². The third-order valence-corrected chi connectivity index (χ3v) is 6.64. The molecular weight excluding hydrogens is 364 g/mol. The molecule has 0 amide bonds. The predicted octanol–water partition coefficient (Wildman–Crippen LogP) is 5.76. The van der Waals surface area contributed by atoms with Crippen LogP contribution in [0.25, 0.3) is 0 Å². The van der Waals surface area contributed by atoms with Crippen molar-refractivity contribution in [2.24, 2.45) is 0 Å². The lowest BCUT2D eigenvalue weighted by Gasteiger charge is -2.18. The Balaban J connectivity index is 1.84. The van der Waals surface area contributed by atoms with Crippen molar-refractivity contribution in [3.63, 3.8) is 0 Å². The van der Waals surface area contributed by atoms with E-state index in [-0.39, 0.29) is 5.25 Å². The Hall–Kier alpha value is -1.14. The van der Waals surface area contributed by atoms with E-state index in [0.717, 1.165) is 15.8 Å². The van der Waals surface area contributed by atoms with Gasteiger partial charge in [0.25, 0.3) is 0 Å². The fraction of sp³-hybridized carbons (Fsp3) is 0.176. The van der Waals surface area contributed by atoms with Crippen LogP contribution in [-0.4, -0.2) is 13.7 Å². The van der Waals surface area contributed by atoms with Crippen LogP contribution in [0.1, 0.15) is 21.3 Å². The van der Waals surface area contributed by atoms with Gasteiger partial charge >= 0.3 is 0 Å². The molecule has 3 aromatic rings. The van der Waals surface area contributed by atoms with E-state index in [2.05, 4.69) is 40.1 Å². The number of hydrogen-bond acceptors (Lipinski definition) is 4. The summed E-state index contributed by atoms with van der Waals surface area (Å²) in [4.78, 5) is 5.32. The van der Waals surface area contributed by atoms with Gasteiger partial charge in [-0.1, -0.05) is 36.0 Å². The van der Waals surface area contributed by atoms with Crippen molar-refractivity contribution in [2.75, 3.05) is 0 Å². The highest BCUT2D eigenvalue weighted by molar-refractivity contribution is 8.24. The van der Waals surface area contributed by atoms with Crippen LogP contribution in [0.3, 0.4) is 0 Å². The number of benzene rings is 1. The van der Waals surface area contributed by atoms with Gasteiger partial charge in [-0.3, -0.25) is 0 Å². The predicted molar refractivity (Wildman–Crippen MR) is 105 cm³/mol. The SMILES string of the molecule is Cc1ccsc1C(=S)SC(Cn1ccnc1)c1ccc(Cl)cc1. The summed E-state index contributed by atoms with van der Waals surface area (Å²) in [5, 5.41) is 3.05. The number of thiophene rings is 1. The van der Waals surface area contributed by atoms with E-state index in [1.54, 1.807) is 29.3 Å². The highest BCUT2D eigenvalue weighted by atomic mass is 35.5. The van der Waals surface area contributed by atoms with Crippen LogP contribution in [-0.2, 0) is 6.54 Å². The van der Waals surface area contributed by atoms with Crippen LogP contribution in [0.5, 0.6) is 0 Å². The first-order chi connectivity index (χ1) is 11.1. The van der Waals surface area contributed by atoms with Crippen LogP contribution in [0, 0.1) is 6.92 Å². The summed E-state index contributed by atoms with van der Waals surface area (Å²) in [5.74, 6) is 0. The second kappa shape index (κ2) is 7.62. The van der Waals surface area contributed by atoms with E-state index in [9.17, 15) is 0 Å². The Morgan fingerprint density at radius 1 is 1.35 bits per heavy atom. The maximum Gasteiger partial charge on any atom is 0.0946 e. The van der Waals surface area contributed by atoms with Crippen LogP contribution in [0.2, 0.25) is 5.02 Å². The van der Waals surface area contributed by atoms with Crippen molar-refractivity contribution in [1.82, 2.24) is 9.55 Å². The second-order valence-corrected chi connectivity index (χ2v) is 8.37. The summed E-state index contributed by atoms with van der Waals surface area (Å²) in [7, 11) is 0. The molecule has 3 rings (SSSR count). The van der Waals surface area contributed by atoms with Crippen molar-refractivity contribution in [1.29, 1.82) is 0 Å². The summed E-state index contributed by atoms with van der Waals surface area (Å²) in [5.41, 5.74) is 2.45. The first-order valence-corrected chi connectivity index (χ1v) is 9.64. The molecule has 0 radical (unpaired) electrons. The summed E-state index contributed by atoms with van der Waals surface area (Å²) in [6, 6.07) is 10.1. The lowest BCUT2D eigenvalue weighted by atomic mass is 10.1. The zero-order valence-electron chi connectivity index (χ0n) is 12.5. The normalized spacial score (nSPS) is 12.3. The standard InChI is InChI=1S/C17H15ClN2S3/c1-12-6-9-22-16(12)17(21)23-15(10-20-8-7-19-11-20)13-2-4-14(18)5-3-13/h2-9,11,15H,10H2,1H3. The first-order valence-electron chi connectivity index (χ1n) is 7.10. The molecule has 2 heterocycles. The molecule has 0 aliphatic rings. The number of hydrogen-bond donors (Lipinski definition) is 0. The number of aromatic nitrogens is 2. The molecule has 0 aliphatic carbocycles. The minimum absolute atomic E-state index is 0.218. The molecule has 1 unspecified atom stereocenters. The summed E-state index contributed by atoms with van der Waals surface area (Å²) >= 11 is 15.1. The maximum atomic E-state index is 6.02. The number of imidazole rings is 1. The van der Waals surface area contributed by atoms with Gasteiger partial charge in [0.1, 0.15) is 0 Å². The molecule has 0 saturated carbocycles. The van der Waals surface area contributed by atoms with Gasteiger partial charge in [0, 0.05) is 24.0 Å². The smallest absolute Gasteiger partial charge is 0.0946 e. The molecule has 0 aliphatic heterocycles. The molecule has 0 spiro atoms. The van der Waals surface area contributed by atoms with Crippen molar-refractivity contribution >= 4 is 51.1 Å². The van der Waals surface area contributed by atoms with Crippen LogP contribution < -0.4 is 0 Å². The molecule has 1 aromatic carbocycles. The fourth-order valence-electron chi connectivity index (χ4n) is 2.24. The monoisotopic (exact) mass is 378 g/mol. The molecule has 0 fully saturated rings. The molecule has 118 valence electrons. The number of nitrogens with zero attached hydrogens (tertiary/aromatic N) is 2. The number of aryl methyl sites for hydroxylation is 1. The number of rotatable bonds is 5. The Labute approximate surface area is 154 Å². The van der Waals surface area contributed by atoms with Crippen molar-refractivity contribution in [3.8, 4) is 0 Å². The Morgan fingerprint density at radius 2 is 2.13 bits per heavy atom. The molecule has 0 saturated heterocycles. The third kappa shape index (κ3) is 4.23. The minimum atomic E-state index is 0.218. The largest absolute Gasteiger partial charge is 0.336 e. The van der Waals surface area contributed by atoms with Gasteiger partial charge in [-0.05, 0) is 41.6 Å². The van der Waals surface area contributed by atoms with Gasteiger partial charge in [0.05, 0.1) is 20.7 Å². The quantitative estimate of drug-likeness (QED) is 0.526. The molecule has 6 heteroatoms. The molecule has 2 aromatic heterocycles. The second-order valence-electron chi connectivity index (χ2n) is 5.14. The third-order valence-electron chi connectivity index (χ3n) is 3.47. The molecule has 23 heavy (non-hydrogen) atoms. The zero-order chi connectivity index (χ0) is 16.2. The average Bonchev–Trinajstić information content (AvgIpc) is 3.19. The highest BCUT2D eigenvalue weighted by Gasteiger charge is 2.18. The Bertz CT molecular complexity index is 779. The fourth-order valence-corrected chi connectivity index (χ4v) is 5.13.